The number of benzene rings is 1. The van der Waals surface area contributed by atoms with Crippen molar-refractivity contribution in [2.75, 3.05) is 19.6 Å². The van der Waals surface area contributed by atoms with E-state index in [4.69, 9.17) is 5.41 Å². The molecule has 0 aliphatic carbocycles. The van der Waals surface area contributed by atoms with Crippen LogP contribution in [0.25, 0.3) is 0 Å². The number of piperidine rings is 1. The molecule has 19 heavy (non-hydrogen) atoms. The molecule has 1 aromatic carbocycles. The third-order valence-electron chi connectivity index (χ3n) is 4.33. The number of rotatable bonds is 3. The average Bonchev–Trinajstić information content (AvgIpc) is 2.86. The van der Waals surface area contributed by atoms with Gasteiger partial charge in [0, 0.05) is 32.1 Å². The maximum atomic E-state index is 8.04. The van der Waals surface area contributed by atoms with Gasteiger partial charge >= 0.3 is 0 Å². The molecule has 2 aliphatic rings. The highest BCUT2D eigenvalue weighted by Crippen LogP contribution is 2.22. The van der Waals surface area contributed by atoms with Gasteiger partial charge in [-0.05, 0) is 31.4 Å². The van der Waals surface area contributed by atoms with E-state index in [1.54, 1.807) is 0 Å². The van der Waals surface area contributed by atoms with E-state index in [0.29, 0.717) is 6.04 Å². The molecule has 2 fully saturated rings. The Morgan fingerprint density at radius 2 is 1.95 bits per heavy atom. The summed E-state index contributed by atoms with van der Waals surface area (Å²) in [5, 5.41) is 8.04. The van der Waals surface area contributed by atoms with Gasteiger partial charge < -0.3 is 4.90 Å². The zero-order valence-corrected chi connectivity index (χ0v) is 11.5. The summed E-state index contributed by atoms with van der Waals surface area (Å²) >= 11 is 0. The molecule has 0 bridgehead atoms. The van der Waals surface area contributed by atoms with Crippen LogP contribution in [0.5, 0.6) is 0 Å². The highest BCUT2D eigenvalue weighted by atomic mass is 15.3. The van der Waals surface area contributed by atoms with E-state index >= 15 is 0 Å². The zero-order valence-electron chi connectivity index (χ0n) is 11.5. The van der Waals surface area contributed by atoms with Crippen LogP contribution < -0.4 is 0 Å². The van der Waals surface area contributed by atoms with Crippen LogP contribution in [0.3, 0.4) is 0 Å². The molecule has 2 saturated heterocycles. The lowest BCUT2D eigenvalue weighted by molar-refractivity contribution is 0.141. The van der Waals surface area contributed by atoms with Crippen molar-refractivity contribution in [2.24, 2.45) is 0 Å². The van der Waals surface area contributed by atoms with Crippen molar-refractivity contribution < 1.29 is 0 Å². The lowest BCUT2D eigenvalue weighted by Crippen LogP contribution is -2.47. The molecule has 0 amide bonds. The van der Waals surface area contributed by atoms with Crippen molar-refractivity contribution in [3.05, 3.63) is 35.9 Å². The smallest absolute Gasteiger partial charge is 0.0961 e. The normalized spacial score (nSPS) is 24.9. The Labute approximate surface area is 115 Å². The van der Waals surface area contributed by atoms with Crippen molar-refractivity contribution in [2.45, 2.75) is 38.3 Å². The first kappa shape index (κ1) is 12.7. The van der Waals surface area contributed by atoms with Gasteiger partial charge in [0.1, 0.15) is 0 Å². The monoisotopic (exact) mass is 257 g/mol. The third-order valence-corrected chi connectivity index (χ3v) is 4.33. The van der Waals surface area contributed by atoms with Crippen LogP contribution in [0.15, 0.2) is 30.3 Å². The molecule has 1 N–H and O–H groups in total. The van der Waals surface area contributed by atoms with E-state index in [9.17, 15) is 0 Å². The minimum atomic E-state index is 0.576. The molecule has 0 saturated carbocycles. The largest absolute Gasteiger partial charge is 0.356 e. The van der Waals surface area contributed by atoms with Crippen LogP contribution in [0.4, 0.5) is 0 Å². The van der Waals surface area contributed by atoms with E-state index < -0.39 is 0 Å². The molecule has 3 rings (SSSR count). The first-order valence-corrected chi connectivity index (χ1v) is 7.43. The van der Waals surface area contributed by atoms with E-state index in [1.807, 2.05) is 0 Å². The second kappa shape index (κ2) is 5.74. The number of hydrogen-bond acceptors (Lipinski definition) is 2. The molecule has 1 aromatic rings. The van der Waals surface area contributed by atoms with Crippen LogP contribution in [0.1, 0.15) is 31.2 Å². The number of hydrogen-bond donors (Lipinski definition) is 1. The lowest BCUT2D eigenvalue weighted by atomic mass is 10.0. The molecule has 0 spiro atoms. The van der Waals surface area contributed by atoms with Crippen LogP contribution >= 0.6 is 0 Å². The molecule has 1 unspecified atom stereocenters. The summed E-state index contributed by atoms with van der Waals surface area (Å²) in [4.78, 5) is 4.90. The maximum absolute atomic E-state index is 8.04. The van der Waals surface area contributed by atoms with Gasteiger partial charge in [-0.1, -0.05) is 30.3 Å². The average molecular weight is 257 g/mol. The predicted molar refractivity (Wildman–Crippen MR) is 78.4 cm³/mol. The van der Waals surface area contributed by atoms with E-state index in [0.717, 1.165) is 31.9 Å². The second-order valence-corrected chi connectivity index (χ2v) is 5.76. The first-order chi connectivity index (χ1) is 9.33. The fraction of sp³-hybridized carbons (Fsp3) is 0.562. The van der Waals surface area contributed by atoms with E-state index in [2.05, 4.69) is 40.1 Å². The highest BCUT2D eigenvalue weighted by molar-refractivity contribution is 5.81. The van der Waals surface area contributed by atoms with Crippen LogP contribution in [0.2, 0.25) is 0 Å². The SMILES string of the molecule is N=C1CCCN1C1CCCN(Cc2ccccc2)C1. The van der Waals surface area contributed by atoms with Crippen molar-refractivity contribution in [1.29, 1.82) is 5.41 Å². The summed E-state index contributed by atoms with van der Waals surface area (Å²) in [7, 11) is 0. The highest BCUT2D eigenvalue weighted by Gasteiger charge is 2.29. The summed E-state index contributed by atoms with van der Waals surface area (Å²) in [6, 6.07) is 11.3. The Kier molecular flexibility index (Phi) is 3.83. The summed E-state index contributed by atoms with van der Waals surface area (Å²) in [5.74, 6) is 0.867. The second-order valence-electron chi connectivity index (χ2n) is 5.76. The zero-order chi connectivity index (χ0) is 13.1. The number of amidine groups is 1. The summed E-state index contributed by atoms with van der Waals surface area (Å²) in [6.45, 7) is 4.48. The molecule has 0 radical (unpaired) electrons. The van der Waals surface area contributed by atoms with Crippen LogP contribution in [-0.2, 0) is 6.54 Å². The fourth-order valence-corrected chi connectivity index (χ4v) is 3.37. The number of likely N-dealkylation sites (tertiary alicyclic amines) is 2. The molecule has 1 atom stereocenters. The molecule has 102 valence electrons. The molecule has 0 aromatic heterocycles. The summed E-state index contributed by atoms with van der Waals surface area (Å²) < 4.78 is 0. The minimum absolute atomic E-state index is 0.576. The van der Waals surface area contributed by atoms with Gasteiger partial charge in [-0.2, -0.15) is 0 Å². The van der Waals surface area contributed by atoms with Crippen LogP contribution in [0, 0.1) is 5.41 Å². The van der Waals surface area contributed by atoms with Crippen molar-refractivity contribution in [1.82, 2.24) is 9.80 Å². The van der Waals surface area contributed by atoms with Crippen molar-refractivity contribution in [3.63, 3.8) is 0 Å². The Hall–Kier alpha value is -1.35. The third kappa shape index (κ3) is 2.98. The Morgan fingerprint density at radius 1 is 1.11 bits per heavy atom. The van der Waals surface area contributed by atoms with Gasteiger partial charge in [-0.25, -0.2) is 0 Å². The van der Waals surface area contributed by atoms with Crippen molar-refractivity contribution in [3.8, 4) is 0 Å². The molecule has 2 heterocycles. The first-order valence-electron chi connectivity index (χ1n) is 7.43. The Morgan fingerprint density at radius 3 is 2.68 bits per heavy atom. The molecular formula is C16H23N3. The number of nitrogens with one attached hydrogen (secondary N) is 1. The topological polar surface area (TPSA) is 30.3 Å². The van der Waals surface area contributed by atoms with Gasteiger partial charge in [0.25, 0.3) is 0 Å². The Balaban J connectivity index is 1.60. The lowest BCUT2D eigenvalue weighted by Gasteiger charge is -2.38. The molecule has 3 heteroatoms. The minimum Gasteiger partial charge on any atom is -0.356 e. The van der Waals surface area contributed by atoms with Crippen molar-refractivity contribution >= 4 is 5.84 Å². The maximum Gasteiger partial charge on any atom is 0.0961 e. The number of nitrogens with zero attached hydrogens (tertiary/aromatic N) is 2. The van der Waals surface area contributed by atoms with Gasteiger partial charge in [0.15, 0.2) is 0 Å². The molecular weight excluding hydrogens is 234 g/mol. The van der Waals surface area contributed by atoms with Gasteiger partial charge in [-0.15, -0.1) is 0 Å². The quantitative estimate of drug-likeness (QED) is 0.902. The van der Waals surface area contributed by atoms with Crippen LogP contribution in [-0.4, -0.2) is 41.3 Å². The summed E-state index contributed by atoms with van der Waals surface area (Å²) in [6.07, 6.45) is 4.68. The van der Waals surface area contributed by atoms with Gasteiger partial charge in [0.05, 0.1) is 5.84 Å². The predicted octanol–water partition coefficient (Wildman–Crippen LogP) is 2.72. The Bertz CT molecular complexity index is 429. The summed E-state index contributed by atoms with van der Waals surface area (Å²) in [5.41, 5.74) is 1.40. The van der Waals surface area contributed by atoms with Gasteiger partial charge in [-0.3, -0.25) is 10.3 Å². The van der Waals surface area contributed by atoms with E-state index in [1.165, 1.54) is 31.4 Å². The fourth-order valence-electron chi connectivity index (χ4n) is 3.37. The van der Waals surface area contributed by atoms with Gasteiger partial charge in [0.2, 0.25) is 0 Å². The van der Waals surface area contributed by atoms with E-state index in [-0.39, 0.29) is 0 Å². The molecule has 2 aliphatic heterocycles. The standard InChI is InChI=1S/C16H23N3/c17-16-9-5-11-19(16)15-8-4-10-18(13-15)12-14-6-2-1-3-7-14/h1-3,6-7,15,17H,4-5,8-13H2. The molecule has 3 nitrogen and oxygen atoms in total.